The number of carbonyl (C=O) groups is 2. The number of aliphatic hydroxyl groups excluding tert-OH is 1. The Morgan fingerprint density at radius 2 is 0.512 bits per heavy atom. The molecule has 0 aliphatic carbocycles. The first-order chi connectivity index (χ1) is 41.6. The van der Waals surface area contributed by atoms with Crippen LogP contribution in [0.25, 0.3) is 0 Å². The zero-order valence-corrected chi connectivity index (χ0v) is 55.6. The lowest BCUT2D eigenvalue weighted by Crippen LogP contribution is -2.28. The average molecular weight is 1170 g/mol. The molecule has 0 amide bonds. The van der Waals surface area contributed by atoms with Gasteiger partial charge in [0, 0.05) is 12.8 Å². The van der Waals surface area contributed by atoms with Crippen LogP contribution in [0.15, 0.2) is 109 Å². The van der Waals surface area contributed by atoms with Gasteiger partial charge >= 0.3 is 11.9 Å². The van der Waals surface area contributed by atoms with E-state index < -0.39 is 6.10 Å². The van der Waals surface area contributed by atoms with Gasteiger partial charge in [-0.2, -0.15) is 0 Å². The highest BCUT2D eigenvalue weighted by Gasteiger charge is 2.16. The van der Waals surface area contributed by atoms with Gasteiger partial charge in [-0.1, -0.05) is 374 Å². The summed E-state index contributed by atoms with van der Waals surface area (Å²) in [6.07, 6.45) is 107. The number of unbranched alkanes of at least 4 members (excludes halogenated alkanes) is 41. The number of carbonyl (C=O) groups excluding carboxylic acids is 2. The van der Waals surface area contributed by atoms with Gasteiger partial charge in [0.2, 0.25) is 0 Å². The fourth-order valence-electron chi connectivity index (χ4n) is 10.7. The van der Waals surface area contributed by atoms with Crippen molar-refractivity contribution in [2.75, 3.05) is 13.2 Å². The van der Waals surface area contributed by atoms with Crippen LogP contribution >= 0.6 is 0 Å². The molecule has 1 unspecified atom stereocenters. The maximum absolute atomic E-state index is 12.3. The van der Waals surface area contributed by atoms with E-state index in [4.69, 9.17) is 9.47 Å². The highest BCUT2D eigenvalue weighted by Crippen LogP contribution is 2.19. The summed E-state index contributed by atoms with van der Waals surface area (Å²) in [5.41, 5.74) is 0. The summed E-state index contributed by atoms with van der Waals surface area (Å²) in [7, 11) is 0. The van der Waals surface area contributed by atoms with E-state index in [-0.39, 0.29) is 25.2 Å². The van der Waals surface area contributed by atoms with Crippen molar-refractivity contribution in [2.24, 2.45) is 0 Å². The monoisotopic (exact) mass is 1170 g/mol. The normalized spacial score (nSPS) is 12.8. The Labute approximate surface area is 522 Å². The van der Waals surface area contributed by atoms with Crippen molar-refractivity contribution in [2.45, 2.75) is 367 Å². The van der Waals surface area contributed by atoms with Crippen LogP contribution in [0.5, 0.6) is 0 Å². The van der Waals surface area contributed by atoms with Gasteiger partial charge in [-0.15, -0.1) is 0 Å². The van der Waals surface area contributed by atoms with Crippen LogP contribution in [0.4, 0.5) is 0 Å². The fourth-order valence-corrected chi connectivity index (χ4v) is 10.7. The van der Waals surface area contributed by atoms with Crippen molar-refractivity contribution in [1.82, 2.24) is 0 Å². The molecule has 0 radical (unpaired) electrons. The summed E-state index contributed by atoms with van der Waals surface area (Å²) in [4.78, 5) is 24.6. The Balaban J connectivity index is 3.48. The molecule has 0 spiro atoms. The highest BCUT2D eigenvalue weighted by atomic mass is 16.6. The zero-order valence-electron chi connectivity index (χ0n) is 55.6. The summed E-state index contributed by atoms with van der Waals surface area (Å²) in [6.45, 7) is 4.04. The van der Waals surface area contributed by atoms with Gasteiger partial charge in [0.1, 0.15) is 6.61 Å². The predicted molar refractivity (Wildman–Crippen MR) is 371 cm³/mol. The number of aliphatic hydroxyl groups is 1. The second-order valence-corrected chi connectivity index (χ2v) is 24.3. The van der Waals surface area contributed by atoms with Crippen LogP contribution in [0, 0.1) is 0 Å². The van der Waals surface area contributed by atoms with E-state index in [9.17, 15) is 14.7 Å². The van der Waals surface area contributed by atoms with E-state index in [1.165, 1.54) is 231 Å². The molecule has 0 aliphatic rings. The largest absolute Gasteiger partial charge is 0.462 e. The van der Waals surface area contributed by atoms with Crippen molar-refractivity contribution in [3.63, 3.8) is 0 Å². The van der Waals surface area contributed by atoms with Crippen molar-refractivity contribution in [3.8, 4) is 0 Å². The lowest BCUT2D eigenvalue weighted by molar-refractivity contribution is -0.161. The summed E-state index contributed by atoms with van der Waals surface area (Å²) in [6, 6.07) is 0. The molecule has 0 saturated heterocycles. The number of esters is 2. The summed E-state index contributed by atoms with van der Waals surface area (Å²) in [5, 5.41) is 9.70. The first-order valence-corrected chi connectivity index (χ1v) is 36.4. The molecule has 0 saturated carbocycles. The standard InChI is InChI=1S/C79H138O5/c1-3-5-7-9-11-13-15-17-19-21-23-25-27-29-31-33-35-36-37-38-39-40-41-42-44-45-47-49-51-53-55-57-59-61-63-65-67-69-71-73-78(81)83-76-77(75-80)84-79(82)74-72-70-68-66-64-62-60-58-56-54-52-50-48-46-43-34-32-30-28-26-24-22-20-18-16-14-12-10-8-6-4-2/h6,8,12,14,18,20,24,26,30,32,43,46,50,52,56,58,62,64,77,80H,3-5,7,9-11,13,15-17,19,21-23,25,27-29,31,33-42,44-45,47-49,51,53-55,57,59-61,63,65-76H2,1-2H3/b8-6-,14-12-,20-18-,26-24-,32-30-,46-43-,52-50-,58-56-,64-62-. The highest BCUT2D eigenvalue weighted by molar-refractivity contribution is 5.70. The van der Waals surface area contributed by atoms with E-state index in [1.54, 1.807) is 0 Å². The minimum absolute atomic E-state index is 0.0827. The molecule has 1 atom stereocenters. The van der Waals surface area contributed by atoms with Crippen LogP contribution < -0.4 is 0 Å². The number of hydrogen-bond acceptors (Lipinski definition) is 5. The molecule has 1 N–H and O–H groups in total. The Morgan fingerprint density at radius 1 is 0.286 bits per heavy atom. The van der Waals surface area contributed by atoms with Gasteiger partial charge in [0.15, 0.2) is 6.10 Å². The molecule has 0 aromatic rings. The van der Waals surface area contributed by atoms with Gasteiger partial charge in [-0.05, 0) is 83.5 Å². The second-order valence-electron chi connectivity index (χ2n) is 24.3. The molecule has 484 valence electrons. The molecular formula is C79H138O5. The van der Waals surface area contributed by atoms with E-state index in [1.807, 2.05) is 0 Å². The minimum Gasteiger partial charge on any atom is -0.462 e. The third kappa shape index (κ3) is 71.0. The average Bonchev–Trinajstić information content (AvgIpc) is 3.51. The third-order valence-corrected chi connectivity index (χ3v) is 16.1. The van der Waals surface area contributed by atoms with Crippen molar-refractivity contribution >= 4 is 11.9 Å². The molecular weight excluding hydrogens is 1030 g/mol. The predicted octanol–water partition coefficient (Wildman–Crippen LogP) is 25.5. The summed E-state index contributed by atoms with van der Waals surface area (Å²) < 4.78 is 10.7. The summed E-state index contributed by atoms with van der Waals surface area (Å²) in [5.74, 6) is -0.622. The van der Waals surface area contributed by atoms with Crippen molar-refractivity contribution in [1.29, 1.82) is 0 Å². The smallest absolute Gasteiger partial charge is 0.306 e. The maximum atomic E-state index is 12.3. The molecule has 5 heteroatoms. The quantitative estimate of drug-likeness (QED) is 0.0373. The first-order valence-electron chi connectivity index (χ1n) is 36.4. The number of rotatable bonds is 67. The van der Waals surface area contributed by atoms with Gasteiger partial charge < -0.3 is 14.6 Å². The lowest BCUT2D eigenvalue weighted by atomic mass is 10.0. The van der Waals surface area contributed by atoms with Crippen LogP contribution in [-0.2, 0) is 19.1 Å². The number of hydrogen-bond donors (Lipinski definition) is 1. The van der Waals surface area contributed by atoms with Crippen LogP contribution in [0.3, 0.4) is 0 Å². The van der Waals surface area contributed by atoms with E-state index in [0.717, 1.165) is 103 Å². The number of allylic oxidation sites excluding steroid dienone is 18. The van der Waals surface area contributed by atoms with E-state index in [0.29, 0.717) is 12.8 Å². The molecule has 0 fully saturated rings. The molecule has 0 aromatic carbocycles. The van der Waals surface area contributed by atoms with Crippen molar-refractivity contribution < 1.29 is 24.2 Å². The fraction of sp³-hybridized carbons (Fsp3) is 0.747. The Hall–Kier alpha value is -3.44. The summed E-state index contributed by atoms with van der Waals surface area (Å²) >= 11 is 0. The van der Waals surface area contributed by atoms with Gasteiger partial charge in [-0.3, -0.25) is 9.59 Å². The molecule has 0 aliphatic heterocycles. The van der Waals surface area contributed by atoms with Crippen LogP contribution in [0.2, 0.25) is 0 Å². The van der Waals surface area contributed by atoms with E-state index >= 15 is 0 Å². The topological polar surface area (TPSA) is 72.8 Å². The SMILES string of the molecule is CC/C=C\C/C=C\C/C=C\C/C=C\C/C=C\C/C=C\C/C=C\C/C=C\C/C=C\CCCCCC(=O)OC(CO)COC(=O)CCCCCCCCCCCCCCCCCCCCCCCCCCCCCCCCCCCCCCCCC. The molecule has 84 heavy (non-hydrogen) atoms. The Morgan fingerprint density at radius 3 is 0.774 bits per heavy atom. The van der Waals surface area contributed by atoms with Gasteiger partial charge in [0.25, 0.3) is 0 Å². The van der Waals surface area contributed by atoms with Gasteiger partial charge in [-0.25, -0.2) is 0 Å². The Kier molecular flexibility index (Phi) is 70.8. The van der Waals surface area contributed by atoms with Crippen molar-refractivity contribution in [3.05, 3.63) is 109 Å². The molecule has 0 bridgehead atoms. The lowest BCUT2D eigenvalue weighted by Gasteiger charge is -2.15. The minimum atomic E-state index is -0.798. The molecule has 0 heterocycles. The molecule has 0 rings (SSSR count). The first kappa shape index (κ1) is 80.6. The van der Waals surface area contributed by atoms with Crippen LogP contribution in [-0.4, -0.2) is 36.4 Å². The maximum Gasteiger partial charge on any atom is 0.306 e. The number of ether oxygens (including phenoxy) is 2. The Bertz CT molecular complexity index is 1610. The molecule has 0 aromatic heterocycles. The van der Waals surface area contributed by atoms with E-state index in [2.05, 4.69) is 123 Å². The van der Waals surface area contributed by atoms with Gasteiger partial charge in [0.05, 0.1) is 6.61 Å². The third-order valence-electron chi connectivity index (χ3n) is 16.1. The molecule has 5 nitrogen and oxygen atoms in total. The van der Waals surface area contributed by atoms with Crippen LogP contribution in [0.1, 0.15) is 361 Å². The second kappa shape index (κ2) is 73.8. The zero-order chi connectivity index (χ0) is 60.5.